The Kier molecular flexibility index (Phi) is 4.05. The molecule has 1 unspecified atom stereocenters. The summed E-state index contributed by atoms with van der Waals surface area (Å²) >= 11 is 0. The predicted octanol–water partition coefficient (Wildman–Crippen LogP) is 1.25. The van der Waals surface area contributed by atoms with Crippen LogP contribution >= 0.6 is 0 Å². The number of nitrogens with one attached hydrogen (secondary N) is 1. The van der Waals surface area contributed by atoms with Gasteiger partial charge in [0, 0.05) is 50.7 Å². The summed E-state index contributed by atoms with van der Waals surface area (Å²) in [6.07, 6.45) is 3.65. The molecular formula is C18H19N5O2. The smallest absolute Gasteiger partial charge is 0.230 e. The fourth-order valence-corrected chi connectivity index (χ4v) is 3.43. The van der Waals surface area contributed by atoms with E-state index in [1.54, 1.807) is 18.5 Å². The van der Waals surface area contributed by atoms with Gasteiger partial charge >= 0.3 is 0 Å². The van der Waals surface area contributed by atoms with E-state index >= 15 is 0 Å². The van der Waals surface area contributed by atoms with Gasteiger partial charge in [-0.2, -0.15) is 0 Å². The molecule has 2 aliphatic heterocycles. The van der Waals surface area contributed by atoms with E-state index in [2.05, 4.69) is 20.2 Å². The Hall–Kier alpha value is -2.96. The van der Waals surface area contributed by atoms with Crippen molar-refractivity contribution in [2.75, 3.05) is 36.4 Å². The Morgan fingerprint density at radius 3 is 2.52 bits per heavy atom. The summed E-state index contributed by atoms with van der Waals surface area (Å²) in [5.41, 5.74) is 1.65. The molecule has 1 atom stereocenters. The van der Waals surface area contributed by atoms with Crippen LogP contribution in [0.1, 0.15) is 17.9 Å². The van der Waals surface area contributed by atoms with E-state index in [1.165, 1.54) is 0 Å². The van der Waals surface area contributed by atoms with Crippen LogP contribution in [0.5, 0.6) is 0 Å². The van der Waals surface area contributed by atoms with Crippen LogP contribution in [0.3, 0.4) is 0 Å². The zero-order valence-corrected chi connectivity index (χ0v) is 13.8. The lowest BCUT2D eigenvalue weighted by Gasteiger charge is -2.37. The summed E-state index contributed by atoms with van der Waals surface area (Å²) in [6.45, 7) is 2.60. The quantitative estimate of drug-likeness (QED) is 0.892. The number of carbonyl (C=O) groups excluding carboxylic acids is 2. The third kappa shape index (κ3) is 3.05. The molecule has 2 amide bonds. The Bertz CT molecular complexity index is 787. The molecule has 2 aliphatic rings. The SMILES string of the molecule is O=C1CC(C(=O)N2CCN(c3ncccn3)CC2)c2ccccc2N1. The van der Waals surface area contributed by atoms with Gasteiger partial charge in [-0.3, -0.25) is 9.59 Å². The molecule has 0 spiro atoms. The molecule has 0 saturated carbocycles. The van der Waals surface area contributed by atoms with Gasteiger partial charge in [-0.25, -0.2) is 9.97 Å². The lowest BCUT2D eigenvalue weighted by atomic mass is 9.89. The second-order valence-corrected chi connectivity index (χ2v) is 6.25. The predicted molar refractivity (Wildman–Crippen MR) is 93.3 cm³/mol. The zero-order chi connectivity index (χ0) is 17.2. The first-order valence-electron chi connectivity index (χ1n) is 8.42. The van der Waals surface area contributed by atoms with E-state index in [9.17, 15) is 9.59 Å². The molecule has 1 aromatic carbocycles. The third-order valence-corrected chi connectivity index (χ3v) is 4.72. The standard InChI is InChI=1S/C18H19N5O2/c24-16-12-14(13-4-1-2-5-15(13)21-16)17(25)22-8-10-23(11-9-22)18-19-6-3-7-20-18/h1-7,14H,8-12H2,(H,21,24). The second-order valence-electron chi connectivity index (χ2n) is 6.25. The van der Waals surface area contributed by atoms with Crippen molar-refractivity contribution in [2.24, 2.45) is 0 Å². The van der Waals surface area contributed by atoms with Crippen molar-refractivity contribution < 1.29 is 9.59 Å². The molecule has 1 saturated heterocycles. The van der Waals surface area contributed by atoms with Crippen molar-refractivity contribution >= 4 is 23.5 Å². The van der Waals surface area contributed by atoms with Crippen molar-refractivity contribution in [2.45, 2.75) is 12.3 Å². The maximum absolute atomic E-state index is 13.0. The van der Waals surface area contributed by atoms with Crippen LogP contribution in [0.4, 0.5) is 11.6 Å². The van der Waals surface area contributed by atoms with Gasteiger partial charge in [-0.1, -0.05) is 18.2 Å². The molecule has 1 N–H and O–H groups in total. The number of carbonyl (C=O) groups is 2. The fourth-order valence-electron chi connectivity index (χ4n) is 3.43. The maximum Gasteiger partial charge on any atom is 0.230 e. The minimum absolute atomic E-state index is 0.0240. The molecule has 4 rings (SSSR count). The second kappa shape index (κ2) is 6.51. The van der Waals surface area contributed by atoms with Crippen LogP contribution in [-0.4, -0.2) is 52.9 Å². The van der Waals surface area contributed by atoms with Gasteiger partial charge in [0.2, 0.25) is 17.8 Å². The average molecular weight is 337 g/mol. The van der Waals surface area contributed by atoms with E-state index in [4.69, 9.17) is 0 Å². The number of piperazine rings is 1. The molecule has 7 heteroatoms. The van der Waals surface area contributed by atoms with Gasteiger partial charge in [-0.15, -0.1) is 0 Å². The molecule has 0 aliphatic carbocycles. The summed E-state index contributed by atoms with van der Waals surface area (Å²) in [6, 6.07) is 9.32. The topological polar surface area (TPSA) is 78.4 Å². The van der Waals surface area contributed by atoms with E-state index < -0.39 is 5.92 Å². The van der Waals surface area contributed by atoms with Crippen LogP contribution in [0.25, 0.3) is 0 Å². The molecule has 3 heterocycles. The molecule has 1 fully saturated rings. The van der Waals surface area contributed by atoms with Crippen molar-refractivity contribution in [1.82, 2.24) is 14.9 Å². The molecule has 1 aromatic heterocycles. The van der Waals surface area contributed by atoms with Gasteiger partial charge in [0.25, 0.3) is 0 Å². The van der Waals surface area contributed by atoms with E-state index in [0.717, 1.165) is 11.3 Å². The first kappa shape index (κ1) is 15.6. The minimum atomic E-state index is -0.399. The summed E-state index contributed by atoms with van der Waals surface area (Å²) in [5.74, 6) is 0.214. The number of anilines is 2. The number of para-hydroxylation sites is 1. The summed E-state index contributed by atoms with van der Waals surface area (Å²) in [4.78, 5) is 37.4. The number of amides is 2. The summed E-state index contributed by atoms with van der Waals surface area (Å²) < 4.78 is 0. The van der Waals surface area contributed by atoms with Crippen LogP contribution in [0.15, 0.2) is 42.7 Å². The zero-order valence-electron chi connectivity index (χ0n) is 13.8. The first-order chi connectivity index (χ1) is 12.2. The molecular weight excluding hydrogens is 318 g/mol. The molecule has 0 radical (unpaired) electrons. The number of aromatic nitrogens is 2. The highest BCUT2D eigenvalue weighted by Gasteiger charge is 2.34. The lowest BCUT2D eigenvalue weighted by Crippen LogP contribution is -2.51. The van der Waals surface area contributed by atoms with Crippen LogP contribution < -0.4 is 10.2 Å². The van der Waals surface area contributed by atoms with Gasteiger partial charge < -0.3 is 15.1 Å². The number of fused-ring (bicyclic) bond motifs is 1. The largest absolute Gasteiger partial charge is 0.339 e. The van der Waals surface area contributed by atoms with Gasteiger partial charge in [0.1, 0.15) is 0 Å². The van der Waals surface area contributed by atoms with Gasteiger partial charge in [-0.05, 0) is 17.7 Å². The van der Waals surface area contributed by atoms with Crippen molar-refractivity contribution in [3.05, 3.63) is 48.3 Å². The number of rotatable bonds is 2. The Morgan fingerprint density at radius 1 is 1.04 bits per heavy atom. The summed E-state index contributed by atoms with van der Waals surface area (Å²) in [5, 5.41) is 2.84. The van der Waals surface area contributed by atoms with Gasteiger partial charge in [0.15, 0.2) is 0 Å². The number of benzene rings is 1. The minimum Gasteiger partial charge on any atom is -0.339 e. The van der Waals surface area contributed by atoms with Crippen molar-refractivity contribution in [1.29, 1.82) is 0 Å². The Labute approximate surface area is 145 Å². The van der Waals surface area contributed by atoms with Crippen LogP contribution in [-0.2, 0) is 9.59 Å². The first-order valence-corrected chi connectivity index (χ1v) is 8.42. The molecule has 7 nitrogen and oxygen atoms in total. The van der Waals surface area contributed by atoms with E-state index in [0.29, 0.717) is 32.1 Å². The van der Waals surface area contributed by atoms with Crippen LogP contribution in [0, 0.1) is 0 Å². The monoisotopic (exact) mass is 337 g/mol. The fraction of sp³-hybridized carbons (Fsp3) is 0.333. The highest BCUT2D eigenvalue weighted by molar-refractivity contribution is 6.01. The van der Waals surface area contributed by atoms with Crippen molar-refractivity contribution in [3.63, 3.8) is 0 Å². The molecule has 25 heavy (non-hydrogen) atoms. The normalized spacial score (nSPS) is 20.0. The third-order valence-electron chi connectivity index (χ3n) is 4.72. The summed E-state index contributed by atoms with van der Waals surface area (Å²) in [7, 11) is 0. The average Bonchev–Trinajstić information content (AvgIpc) is 2.67. The highest BCUT2D eigenvalue weighted by Crippen LogP contribution is 2.33. The number of hydrogen-bond donors (Lipinski definition) is 1. The molecule has 128 valence electrons. The van der Waals surface area contributed by atoms with Crippen molar-refractivity contribution in [3.8, 4) is 0 Å². The van der Waals surface area contributed by atoms with E-state index in [1.807, 2.05) is 29.2 Å². The lowest BCUT2D eigenvalue weighted by molar-refractivity contribution is -0.135. The highest BCUT2D eigenvalue weighted by atomic mass is 16.2. The molecule has 2 aromatic rings. The van der Waals surface area contributed by atoms with Crippen LogP contribution in [0.2, 0.25) is 0 Å². The number of nitrogens with zero attached hydrogens (tertiary/aromatic N) is 4. The maximum atomic E-state index is 13.0. The Balaban J connectivity index is 1.47. The molecule has 0 bridgehead atoms. The Morgan fingerprint density at radius 2 is 1.76 bits per heavy atom. The number of hydrogen-bond acceptors (Lipinski definition) is 5. The van der Waals surface area contributed by atoms with E-state index in [-0.39, 0.29) is 18.2 Å². The van der Waals surface area contributed by atoms with Gasteiger partial charge in [0.05, 0.1) is 5.92 Å².